The standard InChI is InChI=1S/C21H25N7O2S/c1-21(2,3)14-6-4-13(5-7-14)15-11-31-20(25-15)26-16(29)10-28-12-23-18-17(28)19(30)27-24-9-8-22-18/h4-7,11-12,22,24H,8-10H2,1-3H3,(H,27,30)(H,25,26,29). The number of carbonyl (C=O) groups excluding carboxylic acids is 2. The minimum atomic E-state index is -0.345. The van der Waals surface area contributed by atoms with E-state index < -0.39 is 0 Å². The van der Waals surface area contributed by atoms with Crippen molar-refractivity contribution in [3.8, 4) is 11.3 Å². The number of aromatic nitrogens is 3. The zero-order chi connectivity index (χ0) is 22.0. The molecule has 0 fully saturated rings. The lowest BCUT2D eigenvalue weighted by molar-refractivity contribution is -0.116. The smallest absolute Gasteiger partial charge is 0.285 e. The molecule has 0 saturated heterocycles. The topological polar surface area (TPSA) is 113 Å². The Morgan fingerprint density at radius 1 is 1.23 bits per heavy atom. The minimum Gasteiger partial charge on any atom is -0.367 e. The van der Waals surface area contributed by atoms with Crippen LogP contribution in [0.1, 0.15) is 36.8 Å². The Balaban J connectivity index is 1.44. The van der Waals surface area contributed by atoms with Crippen molar-refractivity contribution in [3.05, 3.63) is 47.2 Å². The van der Waals surface area contributed by atoms with Crippen molar-refractivity contribution in [2.45, 2.75) is 32.7 Å². The maximum absolute atomic E-state index is 12.6. The second-order valence-corrected chi connectivity index (χ2v) is 9.15. The third kappa shape index (κ3) is 4.75. The summed E-state index contributed by atoms with van der Waals surface area (Å²) in [5.74, 6) is -0.170. The first-order valence-corrected chi connectivity index (χ1v) is 10.9. The molecule has 31 heavy (non-hydrogen) atoms. The van der Waals surface area contributed by atoms with Crippen LogP contribution >= 0.6 is 11.3 Å². The van der Waals surface area contributed by atoms with Gasteiger partial charge >= 0.3 is 0 Å². The van der Waals surface area contributed by atoms with Gasteiger partial charge in [0.15, 0.2) is 16.6 Å². The maximum atomic E-state index is 12.6. The fraction of sp³-hybridized carbons (Fsp3) is 0.333. The van der Waals surface area contributed by atoms with Crippen molar-refractivity contribution in [2.24, 2.45) is 0 Å². The molecule has 9 nitrogen and oxygen atoms in total. The third-order valence-corrected chi connectivity index (χ3v) is 5.67. The molecule has 0 saturated carbocycles. The fourth-order valence-corrected chi connectivity index (χ4v) is 3.97. The summed E-state index contributed by atoms with van der Waals surface area (Å²) in [7, 11) is 0. The van der Waals surface area contributed by atoms with Gasteiger partial charge in [0, 0.05) is 24.0 Å². The number of nitrogens with zero attached hydrogens (tertiary/aromatic N) is 3. The molecule has 0 unspecified atom stereocenters. The molecule has 2 amide bonds. The number of hydrazine groups is 1. The third-order valence-electron chi connectivity index (χ3n) is 4.91. The number of hydrogen-bond acceptors (Lipinski definition) is 7. The van der Waals surface area contributed by atoms with Crippen molar-refractivity contribution in [1.82, 2.24) is 25.4 Å². The van der Waals surface area contributed by atoms with Crippen LogP contribution < -0.4 is 21.5 Å². The summed E-state index contributed by atoms with van der Waals surface area (Å²) in [4.78, 5) is 33.6. The molecule has 0 atom stereocenters. The number of imidazole rings is 1. The number of anilines is 2. The number of fused-ring (bicyclic) bond motifs is 1. The van der Waals surface area contributed by atoms with Crippen molar-refractivity contribution < 1.29 is 9.59 Å². The van der Waals surface area contributed by atoms with E-state index in [1.54, 1.807) is 0 Å². The molecule has 0 spiro atoms. The Hall–Kier alpha value is -3.24. The molecular weight excluding hydrogens is 414 g/mol. The van der Waals surface area contributed by atoms with Crippen LogP contribution in [0.25, 0.3) is 11.3 Å². The van der Waals surface area contributed by atoms with Crippen LogP contribution in [0.15, 0.2) is 36.0 Å². The highest BCUT2D eigenvalue weighted by atomic mass is 32.1. The molecule has 0 aliphatic carbocycles. The van der Waals surface area contributed by atoms with Crippen molar-refractivity contribution >= 4 is 34.1 Å². The van der Waals surface area contributed by atoms with Gasteiger partial charge in [0.05, 0.1) is 12.0 Å². The molecule has 4 rings (SSSR count). The highest BCUT2D eigenvalue weighted by molar-refractivity contribution is 7.14. The van der Waals surface area contributed by atoms with E-state index in [4.69, 9.17) is 0 Å². The second kappa shape index (κ2) is 8.48. The molecule has 10 heteroatoms. The Bertz CT molecular complexity index is 1100. The molecule has 162 valence electrons. The number of amides is 2. The van der Waals surface area contributed by atoms with Gasteiger partial charge in [-0.2, -0.15) is 0 Å². The van der Waals surface area contributed by atoms with Crippen LogP contribution in [0.2, 0.25) is 0 Å². The quantitative estimate of drug-likeness (QED) is 0.497. The molecule has 4 N–H and O–H groups in total. The molecule has 0 bridgehead atoms. The summed E-state index contributed by atoms with van der Waals surface area (Å²) < 4.78 is 1.51. The normalized spacial score (nSPS) is 14.1. The van der Waals surface area contributed by atoms with Gasteiger partial charge in [-0.3, -0.25) is 15.0 Å². The summed E-state index contributed by atoms with van der Waals surface area (Å²) in [5, 5.41) is 8.30. The zero-order valence-electron chi connectivity index (χ0n) is 17.7. The van der Waals surface area contributed by atoms with Crippen LogP contribution in [0.4, 0.5) is 10.9 Å². The van der Waals surface area contributed by atoms with Gasteiger partial charge < -0.3 is 15.2 Å². The molecule has 3 heterocycles. The van der Waals surface area contributed by atoms with Crippen LogP contribution in [-0.2, 0) is 16.8 Å². The molecule has 0 radical (unpaired) electrons. The molecular formula is C21H25N7O2S. The van der Waals surface area contributed by atoms with Crippen molar-refractivity contribution in [3.63, 3.8) is 0 Å². The summed E-state index contributed by atoms with van der Waals surface area (Å²) >= 11 is 1.36. The van der Waals surface area contributed by atoms with E-state index in [1.165, 1.54) is 27.8 Å². The van der Waals surface area contributed by atoms with Crippen LogP contribution in [0.5, 0.6) is 0 Å². The first kappa shape index (κ1) is 21.0. The van der Waals surface area contributed by atoms with E-state index in [0.717, 1.165) is 11.3 Å². The monoisotopic (exact) mass is 439 g/mol. The Kier molecular flexibility index (Phi) is 5.75. The SMILES string of the molecule is CC(C)(C)c1ccc(-c2csc(NC(=O)Cn3cnc4c3C(=O)NNCCN4)n2)cc1. The average Bonchev–Trinajstić information content (AvgIpc) is 3.32. The maximum Gasteiger partial charge on any atom is 0.285 e. The highest BCUT2D eigenvalue weighted by Gasteiger charge is 2.22. The molecule has 1 aliphatic heterocycles. The molecule has 1 aliphatic rings. The largest absolute Gasteiger partial charge is 0.367 e. The van der Waals surface area contributed by atoms with Gasteiger partial charge in [-0.25, -0.2) is 15.4 Å². The van der Waals surface area contributed by atoms with Crippen LogP contribution in [-0.4, -0.2) is 39.4 Å². The molecule has 1 aromatic carbocycles. The molecule has 2 aromatic heterocycles. The predicted molar refractivity (Wildman–Crippen MR) is 121 cm³/mol. The van der Waals surface area contributed by atoms with Crippen LogP contribution in [0.3, 0.4) is 0 Å². The van der Waals surface area contributed by atoms with E-state index in [-0.39, 0.29) is 23.8 Å². The number of nitrogens with one attached hydrogen (secondary N) is 4. The van der Waals surface area contributed by atoms with Gasteiger partial charge in [0.2, 0.25) is 5.91 Å². The lowest BCUT2D eigenvalue weighted by Gasteiger charge is -2.18. The van der Waals surface area contributed by atoms with Crippen molar-refractivity contribution in [2.75, 3.05) is 23.7 Å². The second-order valence-electron chi connectivity index (χ2n) is 8.29. The summed E-state index contributed by atoms with van der Waals surface area (Å²) in [6, 6.07) is 8.30. The number of rotatable bonds is 4. The average molecular weight is 440 g/mol. The van der Waals surface area contributed by atoms with Crippen LogP contribution in [0, 0.1) is 0 Å². The lowest BCUT2D eigenvalue weighted by atomic mass is 9.86. The summed E-state index contributed by atoms with van der Waals surface area (Å²) in [5.41, 5.74) is 8.85. The number of thiazole rings is 1. The molecule has 3 aromatic rings. The first-order valence-electron chi connectivity index (χ1n) is 10.00. The van der Waals surface area contributed by atoms with Gasteiger partial charge in [-0.15, -0.1) is 11.3 Å². The van der Waals surface area contributed by atoms with E-state index >= 15 is 0 Å². The summed E-state index contributed by atoms with van der Waals surface area (Å²) in [6.07, 6.45) is 1.48. The van der Waals surface area contributed by atoms with Gasteiger partial charge in [-0.05, 0) is 11.0 Å². The number of benzene rings is 1. The highest BCUT2D eigenvalue weighted by Crippen LogP contribution is 2.28. The zero-order valence-corrected chi connectivity index (χ0v) is 18.5. The van der Waals surface area contributed by atoms with E-state index in [0.29, 0.717) is 29.7 Å². The van der Waals surface area contributed by atoms with Crippen molar-refractivity contribution in [1.29, 1.82) is 0 Å². The van der Waals surface area contributed by atoms with Gasteiger partial charge in [0.1, 0.15) is 6.54 Å². The van der Waals surface area contributed by atoms with Gasteiger partial charge in [-0.1, -0.05) is 45.0 Å². The summed E-state index contributed by atoms with van der Waals surface area (Å²) in [6.45, 7) is 7.66. The fourth-order valence-electron chi connectivity index (χ4n) is 3.23. The first-order chi connectivity index (χ1) is 14.8. The Morgan fingerprint density at radius 2 is 2.00 bits per heavy atom. The number of carbonyl (C=O) groups is 2. The van der Waals surface area contributed by atoms with Gasteiger partial charge in [0.25, 0.3) is 5.91 Å². The predicted octanol–water partition coefficient (Wildman–Crippen LogP) is 2.60. The minimum absolute atomic E-state index is 0.0490. The Morgan fingerprint density at radius 3 is 2.74 bits per heavy atom. The van der Waals surface area contributed by atoms with E-state index in [9.17, 15) is 9.59 Å². The Labute approximate surface area is 184 Å². The number of hydrogen-bond donors (Lipinski definition) is 4. The lowest BCUT2D eigenvalue weighted by Crippen LogP contribution is -2.43. The van der Waals surface area contributed by atoms with E-state index in [2.05, 4.69) is 64.4 Å². The van der Waals surface area contributed by atoms with E-state index in [1.807, 2.05) is 17.5 Å².